The molecule has 2 aromatic rings. The summed E-state index contributed by atoms with van der Waals surface area (Å²) < 4.78 is 11.6. The fourth-order valence-electron chi connectivity index (χ4n) is 4.27. The number of anilines is 1. The minimum Gasteiger partial charge on any atom is -0.467 e. The maximum atomic E-state index is 6.26. The predicted molar refractivity (Wildman–Crippen MR) is 141 cm³/mol. The van der Waals surface area contributed by atoms with Crippen LogP contribution in [0.25, 0.3) is 0 Å². The molecule has 0 aromatic heterocycles. The van der Waals surface area contributed by atoms with Gasteiger partial charge in [0.15, 0.2) is 6.79 Å². The van der Waals surface area contributed by atoms with E-state index in [1.165, 1.54) is 52.2 Å². The summed E-state index contributed by atoms with van der Waals surface area (Å²) >= 11 is 0. The Labute approximate surface area is 197 Å². The molecule has 176 valence electrons. The Bertz CT molecular complexity index is 918. The summed E-state index contributed by atoms with van der Waals surface area (Å²) in [7, 11) is 2.23. The number of hydrogen-bond acceptors (Lipinski definition) is 3. The van der Waals surface area contributed by atoms with E-state index in [0.29, 0.717) is 8.58 Å². The number of aryl methyl sites for hydroxylation is 1. The molecular formula is C28H42NO2P. The Morgan fingerprint density at radius 1 is 0.875 bits per heavy atom. The van der Waals surface area contributed by atoms with Crippen molar-refractivity contribution in [2.24, 2.45) is 0 Å². The predicted octanol–water partition coefficient (Wildman–Crippen LogP) is 6.19. The second kappa shape index (κ2) is 10.1. The molecule has 0 aliphatic carbocycles. The second-order valence-corrected chi connectivity index (χ2v) is 12.5. The Balaban J connectivity index is 2.14. The fourth-order valence-corrected chi connectivity index (χ4v) is 5.64. The summed E-state index contributed by atoms with van der Waals surface area (Å²) in [5.74, 6) is 0.996. The van der Waals surface area contributed by atoms with E-state index in [1.54, 1.807) is 7.11 Å². The largest absolute Gasteiger partial charge is 0.467 e. The van der Waals surface area contributed by atoms with Crippen LogP contribution in [0.15, 0.2) is 30.3 Å². The van der Waals surface area contributed by atoms with E-state index in [1.807, 2.05) is 0 Å². The van der Waals surface area contributed by atoms with Crippen LogP contribution in [0, 0.1) is 6.92 Å². The molecule has 0 saturated carbocycles. The molecule has 3 nitrogen and oxygen atoms in total. The Morgan fingerprint density at radius 3 is 2.16 bits per heavy atom. The minimum absolute atomic E-state index is 0.0213. The van der Waals surface area contributed by atoms with Crippen LogP contribution in [-0.2, 0) is 15.6 Å². The molecule has 0 spiro atoms. The van der Waals surface area contributed by atoms with E-state index >= 15 is 0 Å². The Morgan fingerprint density at radius 2 is 1.56 bits per heavy atom. The van der Waals surface area contributed by atoms with Crippen LogP contribution < -0.4 is 20.2 Å². The van der Waals surface area contributed by atoms with Crippen molar-refractivity contribution in [1.29, 1.82) is 0 Å². The molecule has 0 N–H and O–H groups in total. The highest BCUT2D eigenvalue weighted by atomic mass is 31.1. The number of hydrogen-bond donors (Lipinski definition) is 0. The van der Waals surface area contributed by atoms with E-state index in [-0.39, 0.29) is 17.6 Å². The van der Waals surface area contributed by atoms with Gasteiger partial charge in [-0.15, -0.1) is 0 Å². The average molecular weight is 456 g/mol. The van der Waals surface area contributed by atoms with E-state index in [0.717, 1.165) is 18.8 Å². The van der Waals surface area contributed by atoms with Gasteiger partial charge in [-0.2, -0.15) is 0 Å². The number of ether oxygens (including phenoxy) is 2. The third-order valence-electron chi connectivity index (χ3n) is 6.20. The average Bonchev–Trinajstić information content (AvgIpc) is 2.72. The molecular weight excluding hydrogens is 413 g/mol. The molecule has 0 amide bonds. The first-order valence-electron chi connectivity index (χ1n) is 11.9. The number of methoxy groups -OCH3 is 1. The van der Waals surface area contributed by atoms with E-state index in [9.17, 15) is 0 Å². The van der Waals surface area contributed by atoms with Gasteiger partial charge in [0, 0.05) is 42.1 Å². The van der Waals surface area contributed by atoms with Crippen molar-refractivity contribution in [2.75, 3.05) is 31.9 Å². The number of piperidine rings is 1. The number of benzene rings is 2. The van der Waals surface area contributed by atoms with Crippen LogP contribution in [0.3, 0.4) is 0 Å². The van der Waals surface area contributed by atoms with E-state index < -0.39 is 0 Å². The zero-order valence-corrected chi connectivity index (χ0v) is 22.4. The van der Waals surface area contributed by atoms with Crippen molar-refractivity contribution in [3.05, 3.63) is 47.0 Å². The van der Waals surface area contributed by atoms with Crippen molar-refractivity contribution in [1.82, 2.24) is 0 Å². The molecule has 1 heterocycles. The molecule has 1 unspecified atom stereocenters. The van der Waals surface area contributed by atoms with Gasteiger partial charge in [-0.3, -0.25) is 0 Å². The first kappa shape index (κ1) is 25.1. The summed E-state index contributed by atoms with van der Waals surface area (Å²) in [4.78, 5) is 2.59. The normalized spacial score (nSPS) is 15.6. The Hall–Kier alpha value is -1.57. The van der Waals surface area contributed by atoms with Gasteiger partial charge in [-0.1, -0.05) is 68.3 Å². The number of nitrogens with zero attached hydrogens (tertiary/aromatic N) is 1. The SMILES string of the molecule is COCOc1c(Pc2ccc(C)cc2N2CCCCC2)cc(C(C)(C)C)cc1C(C)(C)C. The zero-order chi connectivity index (χ0) is 23.5. The lowest BCUT2D eigenvalue weighted by Gasteiger charge is -2.32. The van der Waals surface area contributed by atoms with Gasteiger partial charge >= 0.3 is 0 Å². The van der Waals surface area contributed by atoms with Crippen molar-refractivity contribution in [3.8, 4) is 5.75 Å². The summed E-state index contributed by atoms with van der Waals surface area (Å²) in [5.41, 5.74) is 5.40. The van der Waals surface area contributed by atoms with Gasteiger partial charge in [0.1, 0.15) is 5.75 Å². The molecule has 1 atom stereocenters. The van der Waals surface area contributed by atoms with Crippen molar-refractivity contribution >= 4 is 24.9 Å². The first-order valence-corrected chi connectivity index (χ1v) is 12.9. The van der Waals surface area contributed by atoms with Crippen molar-refractivity contribution in [3.63, 3.8) is 0 Å². The minimum atomic E-state index is -0.0213. The van der Waals surface area contributed by atoms with E-state index in [4.69, 9.17) is 9.47 Å². The van der Waals surface area contributed by atoms with Gasteiger partial charge in [0.05, 0.1) is 0 Å². The van der Waals surface area contributed by atoms with Gasteiger partial charge in [0.2, 0.25) is 0 Å². The molecule has 2 aromatic carbocycles. The monoisotopic (exact) mass is 455 g/mol. The van der Waals surface area contributed by atoms with Gasteiger partial charge < -0.3 is 14.4 Å². The molecule has 1 saturated heterocycles. The van der Waals surface area contributed by atoms with Crippen molar-refractivity contribution in [2.45, 2.75) is 78.6 Å². The summed E-state index contributed by atoms with van der Waals surface area (Å²) in [6.07, 6.45) is 3.91. The molecule has 3 rings (SSSR count). The maximum Gasteiger partial charge on any atom is 0.188 e. The summed E-state index contributed by atoms with van der Waals surface area (Å²) in [5, 5.41) is 2.69. The molecule has 0 radical (unpaired) electrons. The molecule has 4 heteroatoms. The van der Waals surface area contributed by atoms with Crippen molar-refractivity contribution < 1.29 is 9.47 Å². The Kier molecular flexibility index (Phi) is 7.94. The quantitative estimate of drug-likeness (QED) is 0.383. The van der Waals surface area contributed by atoms with E-state index in [2.05, 4.69) is 83.7 Å². The van der Waals surface area contributed by atoms with Gasteiger partial charge in [-0.25, -0.2) is 0 Å². The number of rotatable bonds is 6. The lowest BCUT2D eigenvalue weighted by molar-refractivity contribution is 0.0506. The van der Waals surface area contributed by atoms with Crippen LogP contribution >= 0.6 is 8.58 Å². The maximum absolute atomic E-state index is 6.26. The summed E-state index contributed by atoms with van der Waals surface area (Å²) in [6.45, 7) is 18.5. The smallest absolute Gasteiger partial charge is 0.188 e. The standard InChI is InChI=1S/C28H42NO2P/c1-20-12-13-24(23(16-20)29-14-10-9-11-15-29)32-25-18-21(27(2,3)4)17-22(28(5,6)7)26(25)31-19-30-8/h12-13,16-18,32H,9-11,14-15,19H2,1-8H3. The molecule has 32 heavy (non-hydrogen) atoms. The van der Waals surface area contributed by atoms with Crippen LogP contribution in [0.4, 0.5) is 5.69 Å². The van der Waals surface area contributed by atoms with Crippen LogP contribution in [0.5, 0.6) is 5.75 Å². The highest BCUT2D eigenvalue weighted by Crippen LogP contribution is 2.38. The molecule has 1 aliphatic rings. The van der Waals surface area contributed by atoms with Crippen LogP contribution in [-0.4, -0.2) is 27.0 Å². The third kappa shape index (κ3) is 6.06. The highest BCUT2D eigenvalue weighted by Gasteiger charge is 2.27. The lowest BCUT2D eigenvalue weighted by atomic mass is 9.80. The second-order valence-electron chi connectivity index (χ2n) is 11.1. The topological polar surface area (TPSA) is 21.7 Å². The van der Waals surface area contributed by atoms with Crippen LogP contribution in [0.2, 0.25) is 0 Å². The molecule has 1 fully saturated rings. The fraction of sp³-hybridized carbons (Fsp3) is 0.571. The van der Waals surface area contributed by atoms with Crippen LogP contribution in [0.1, 0.15) is 77.5 Å². The highest BCUT2D eigenvalue weighted by molar-refractivity contribution is 7.56. The van der Waals surface area contributed by atoms with Gasteiger partial charge in [-0.05, 0) is 60.3 Å². The third-order valence-corrected chi connectivity index (χ3v) is 7.54. The summed E-state index contributed by atoms with van der Waals surface area (Å²) in [6, 6.07) is 11.7. The van der Waals surface area contributed by atoms with Gasteiger partial charge in [0.25, 0.3) is 0 Å². The lowest BCUT2D eigenvalue weighted by Crippen LogP contribution is -2.32. The molecule has 1 aliphatic heterocycles. The zero-order valence-electron chi connectivity index (χ0n) is 21.4. The molecule has 0 bridgehead atoms. The first-order chi connectivity index (χ1) is 15.0.